The average Bonchev–Trinajstić information content (AvgIpc) is 3.26. The molecular formula is C27H37N5O2. The Balaban J connectivity index is 1.54. The molecule has 1 saturated heterocycles. The lowest BCUT2D eigenvalue weighted by Crippen LogP contribution is -2.54. The van der Waals surface area contributed by atoms with Crippen molar-refractivity contribution in [1.29, 1.82) is 0 Å². The maximum atomic E-state index is 13.7. The van der Waals surface area contributed by atoms with Gasteiger partial charge in [0.25, 0.3) is 0 Å². The van der Waals surface area contributed by atoms with Crippen LogP contribution >= 0.6 is 0 Å². The smallest absolute Gasteiger partial charge is 0.240 e. The number of nitrogens with zero attached hydrogens (tertiary/aromatic N) is 4. The Labute approximate surface area is 202 Å². The van der Waals surface area contributed by atoms with Gasteiger partial charge in [-0.1, -0.05) is 31.1 Å². The van der Waals surface area contributed by atoms with Crippen molar-refractivity contribution in [3.8, 4) is 0 Å². The largest absolute Gasteiger partial charge is 0.361 e. The molecule has 0 saturated carbocycles. The van der Waals surface area contributed by atoms with Crippen LogP contribution in [0.5, 0.6) is 0 Å². The van der Waals surface area contributed by atoms with Crippen LogP contribution in [0, 0.1) is 19.8 Å². The van der Waals surface area contributed by atoms with Crippen molar-refractivity contribution < 1.29 is 9.32 Å². The minimum absolute atomic E-state index is 0.154. The molecule has 34 heavy (non-hydrogen) atoms. The Kier molecular flexibility index (Phi) is 6.25. The Morgan fingerprint density at radius 3 is 2.65 bits per heavy atom. The van der Waals surface area contributed by atoms with E-state index in [2.05, 4.69) is 70.1 Å². The summed E-state index contributed by atoms with van der Waals surface area (Å²) in [6, 6.07) is 6.55. The van der Waals surface area contributed by atoms with Gasteiger partial charge in [0.05, 0.1) is 18.3 Å². The van der Waals surface area contributed by atoms with Crippen LogP contribution in [0.1, 0.15) is 54.5 Å². The predicted molar refractivity (Wildman–Crippen MR) is 134 cm³/mol. The minimum Gasteiger partial charge on any atom is -0.361 e. The molecule has 2 aromatic heterocycles. The van der Waals surface area contributed by atoms with Crippen LogP contribution in [0.25, 0.3) is 10.9 Å². The van der Waals surface area contributed by atoms with Gasteiger partial charge in [-0.25, -0.2) is 0 Å². The van der Waals surface area contributed by atoms with E-state index in [-0.39, 0.29) is 18.0 Å². The second-order valence-electron chi connectivity index (χ2n) is 10.6. The van der Waals surface area contributed by atoms with Crippen LogP contribution < -0.4 is 5.32 Å². The fourth-order valence-electron chi connectivity index (χ4n) is 5.63. The molecule has 0 aliphatic carbocycles. The summed E-state index contributed by atoms with van der Waals surface area (Å²) < 4.78 is 7.74. The molecule has 1 fully saturated rings. The molecule has 2 aliphatic heterocycles. The number of aromatic nitrogens is 2. The number of carbonyl (C=O) groups is 1. The minimum atomic E-state index is -0.210. The fraction of sp³-hybridized carbons (Fsp3) is 0.556. The summed E-state index contributed by atoms with van der Waals surface area (Å²) in [4.78, 5) is 18.0. The van der Waals surface area contributed by atoms with Gasteiger partial charge in [-0.3, -0.25) is 10.1 Å². The Bertz CT molecular complexity index is 1170. The Hall–Kier alpha value is -2.64. The number of aryl methyl sites for hydroxylation is 2. The van der Waals surface area contributed by atoms with Crippen LogP contribution in [-0.2, 0) is 17.8 Å². The highest BCUT2D eigenvalue weighted by atomic mass is 16.5. The van der Waals surface area contributed by atoms with Gasteiger partial charge < -0.3 is 18.9 Å². The van der Waals surface area contributed by atoms with Gasteiger partial charge in [0.1, 0.15) is 5.76 Å². The highest BCUT2D eigenvalue weighted by molar-refractivity contribution is 5.90. The second kappa shape index (κ2) is 9.19. The van der Waals surface area contributed by atoms with Crippen molar-refractivity contribution in [2.75, 3.05) is 33.2 Å². The monoisotopic (exact) mass is 463 g/mol. The maximum Gasteiger partial charge on any atom is 0.240 e. The highest BCUT2D eigenvalue weighted by Gasteiger charge is 2.34. The maximum absolute atomic E-state index is 13.7. The standard InChI is InChI=1S/C27H37N5O2/c1-17(2)13-23-21-7-6-8-25-26(21)20(15-32(25)16-22-18(3)29-34-19(22)4)14-24(28-23)27(33)31-11-9-30(5)10-12-31/h6-8,15,17,23-24,28H,9-14,16H2,1-5H3. The molecule has 4 heterocycles. The van der Waals surface area contributed by atoms with Crippen LogP contribution in [-0.4, -0.2) is 64.7 Å². The first-order chi connectivity index (χ1) is 16.3. The van der Waals surface area contributed by atoms with E-state index in [1.165, 1.54) is 22.0 Å². The fourth-order valence-corrected chi connectivity index (χ4v) is 5.63. The van der Waals surface area contributed by atoms with Gasteiger partial charge in [0.2, 0.25) is 5.91 Å². The van der Waals surface area contributed by atoms with E-state index < -0.39 is 0 Å². The number of likely N-dealkylation sites (N-methyl/N-ethyl adjacent to an activating group) is 1. The molecule has 2 unspecified atom stereocenters. The SMILES string of the molecule is Cc1noc(C)c1Cn1cc2c3c(cccc31)C(CC(C)C)NC(C(=O)N1CCN(C)CC1)C2. The van der Waals surface area contributed by atoms with Gasteiger partial charge in [-0.05, 0) is 56.8 Å². The van der Waals surface area contributed by atoms with E-state index in [4.69, 9.17) is 4.52 Å². The summed E-state index contributed by atoms with van der Waals surface area (Å²) >= 11 is 0. The first-order valence-electron chi connectivity index (χ1n) is 12.6. The number of rotatable bonds is 5. The van der Waals surface area contributed by atoms with Crippen molar-refractivity contribution >= 4 is 16.8 Å². The molecule has 5 rings (SSSR count). The number of hydrogen-bond acceptors (Lipinski definition) is 5. The Morgan fingerprint density at radius 1 is 1.21 bits per heavy atom. The predicted octanol–water partition coefficient (Wildman–Crippen LogP) is 3.67. The zero-order valence-corrected chi connectivity index (χ0v) is 21.1. The molecule has 2 aliphatic rings. The Morgan fingerprint density at radius 2 is 1.97 bits per heavy atom. The third-order valence-corrected chi connectivity index (χ3v) is 7.55. The summed E-state index contributed by atoms with van der Waals surface area (Å²) in [5.74, 6) is 1.63. The molecule has 1 amide bonds. The average molecular weight is 464 g/mol. The molecule has 2 atom stereocenters. The first kappa shape index (κ1) is 23.1. The molecule has 1 aromatic carbocycles. The van der Waals surface area contributed by atoms with E-state index >= 15 is 0 Å². The lowest BCUT2D eigenvalue weighted by Gasteiger charge is -2.35. The van der Waals surface area contributed by atoms with E-state index in [0.29, 0.717) is 12.3 Å². The van der Waals surface area contributed by atoms with Gasteiger partial charge in [0, 0.05) is 54.9 Å². The number of benzene rings is 1. The molecule has 1 N–H and O–H groups in total. The normalized spacial score (nSPS) is 21.4. The van der Waals surface area contributed by atoms with E-state index in [0.717, 1.165) is 56.2 Å². The topological polar surface area (TPSA) is 66.5 Å². The van der Waals surface area contributed by atoms with Crippen LogP contribution in [0.2, 0.25) is 0 Å². The first-order valence-corrected chi connectivity index (χ1v) is 12.6. The summed E-state index contributed by atoms with van der Waals surface area (Å²) in [6.07, 6.45) is 3.96. The highest BCUT2D eigenvalue weighted by Crippen LogP contribution is 2.36. The summed E-state index contributed by atoms with van der Waals surface area (Å²) in [6.45, 7) is 12.7. The zero-order chi connectivity index (χ0) is 24.0. The lowest BCUT2D eigenvalue weighted by atomic mass is 9.94. The van der Waals surface area contributed by atoms with Crippen LogP contribution in [0.3, 0.4) is 0 Å². The van der Waals surface area contributed by atoms with E-state index in [9.17, 15) is 4.79 Å². The van der Waals surface area contributed by atoms with Crippen LogP contribution in [0.15, 0.2) is 28.9 Å². The van der Waals surface area contributed by atoms with Crippen molar-refractivity contribution in [1.82, 2.24) is 24.8 Å². The van der Waals surface area contributed by atoms with Gasteiger partial charge in [0.15, 0.2) is 0 Å². The molecule has 0 spiro atoms. The number of hydrogen-bond donors (Lipinski definition) is 1. The molecule has 0 bridgehead atoms. The number of amides is 1. The number of carbonyl (C=O) groups excluding carboxylic acids is 1. The van der Waals surface area contributed by atoms with Gasteiger partial charge in [-0.2, -0.15) is 0 Å². The number of nitrogens with one attached hydrogen (secondary N) is 1. The van der Waals surface area contributed by atoms with Crippen LogP contribution in [0.4, 0.5) is 0 Å². The van der Waals surface area contributed by atoms with Crippen molar-refractivity contribution in [3.63, 3.8) is 0 Å². The summed E-state index contributed by atoms with van der Waals surface area (Å²) in [5.41, 5.74) is 5.85. The van der Waals surface area contributed by atoms with Crippen molar-refractivity contribution in [2.24, 2.45) is 5.92 Å². The molecule has 3 aromatic rings. The molecule has 0 radical (unpaired) electrons. The summed E-state index contributed by atoms with van der Waals surface area (Å²) in [7, 11) is 2.12. The van der Waals surface area contributed by atoms with Gasteiger partial charge >= 0.3 is 0 Å². The van der Waals surface area contributed by atoms with Gasteiger partial charge in [-0.15, -0.1) is 0 Å². The molecular weight excluding hydrogens is 426 g/mol. The van der Waals surface area contributed by atoms with Crippen molar-refractivity contribution in [3.05, 3.63) is 52.5 Å². The molecule has 7 heteroatoms. The molecule has 7 nitrogen and oxygen atoms in total. The van der Waals surface area contributed by atoms with E-state index in [1.54, 1.807) is 0 Å². The summed E-state index contributed by atoms with van der Waals surface area (Å²) in [5, 5.41) is 9.25. The quantitative estimate of drug-likeness (QED) is 0.625. The second-order valence-corrected chi connectivity index (χ2v) is 10.6. The lowest BCUT2D eigenvalue weighted by molar-refractivity contribution is -0.135. The zero-order valence-electron chi connectivity index (χ0n) is 21.1. The number of piperazine rings is 1. The van der Waals surface area contributed by atoms with E-state index in [1.807, 2.05) is 13.8 Å². The third-order valence-electron chi connectivity index (χ3n) is 7.55. The van der Waals surface area contributed by atoms with Crippen molar-refractivity contribution in [2.45, 2.75) is 59.2 Å². The third kappa shape index (κ3) is 4.27. The molecule has 182 valence electrons.